The van der Waals surface area contributed by atoms with E-state index in [1.54, 1.807) is 14.0 Å². The molecule has 4 rings (SSSR count). The molecule has 28 heavy (non-hydrogen) atoms. The summed E-state index contributed by atoms with van der Waals surface area (Å²) in [6.07, 6.45) is 0.561. The van der Waals surface area contributed by atoms with E-state index in [0.717, 1.165) is 23.4 Å². The number of aromatic nitrogens is 2. The maximum absolute atomic E-state index is 13.8. The molecule has 2 N–H and O–H groups in total. The van der Waals surface area contributed by atoms with E-state index in [2.05, 4.69) is 15.5 Å². The van der Waals surface area contributed by atoms with Gasteiger partial charge in [-0.25, -0.2) is 13.9 Å². The van der Waals surface area contributed by atoms with Crippen LogP contribution in [0.4, 0.5) is 14.5 Å². The predicted octanol–water partition coefficient (Wildman–Crippen LogP) is 2.76. The lowest BCUT2D eigenvalue weighted by Crippen LogP contribution is -2.41. The molecule has 0 aliphatic carbocycles. The molecule has 144 valence electrons. The molecule has 2 heterocycles. The normalized spacial score (nSPS) is 16.5. The molecule has 0 radical (unpaired) electrons. The number of carbonyl (C=O) groups is 1. The molecule has 0 saturated heterocycles. The van der Waals surface area contributed by atoms with Crippen molar-refractivity contribution in [3.05, 3.63) is 69.6 Å². The van der Waals surface area contributed by atoms with Gasteiger partial charge in [-0.15, -0.1) is 0 Å². The Hall–Kier alpha value is -3.29. The standard InChI is InChI=1S/C20H18F2N4O2/c1-10(18-12-8-14(21)15(22)9-13(12)19(27)25-24-18)26(2)20(28)17-7-11-5-3-4-6-16(11)23-17/h3-6,8-10,17,23H,7H2,1-2H3,(H,25,27). The van der Waals surface area contributed by atoms with Crippen molar-refractivity contribution in [2.75, 3.05) is 12.4 Å². The predicted molar refractivity (Wildman–Crippen MR) is 101 cm³/mol. The Morgan fingerprint density at radius 1 is 1.21 bits per heavy atom. The van der Waals surface area contributed by atoms with Crippen LogP contribution in [0.2, 0.25) is 0 Å². The topological polar surface area (TPSA) is 78.1 Å². The van der Waals surface area contributed by atoms with E-state index in [4.69, 9.17) is 0 Å². The van der Waals surface area contributed by atoms with Crippen molar-refractivity contribution >= 4 is 22.4 Å². The van der Waals surface area contributed by atoms with E-state index < -0.39 is 29.3 Å². The van der Waals surface area contributed by atoms with Crippen LogP contribution in [0.3, 0.4) is 0 Å². The number of likely N-dealkylation sites (N-methyl/N-ethyl adjacent to an activating group) is 1. The number of H-pyrrole nitrogens is 1. The molecule has 1 aromatic heterocycles. The minimum Gasteiger partial charge on any atom is -0.373 e. The molecular formula is C20H18F2N4O2. The van der Waals surface area contributed by atoms with E-state index in [1.807, 2.05) is 24.3 Å². The summed E-state index contributed by atoms with van der Waals surface area (Å²) in [5.41, 5.74) is 1.66. The molecule has 6 nitrogen and oxygen atoms in total. The smallest absolute Gasteiger partial charge is 0.272 e. The monoisotopic (exact) mass is 384 g/mol. The molecular weight excluding hydrogens is 366 g/mol. The Morgan fingerprint density at radius 2 is 1.89 bits per heavy atom. The van der Waals surface area contributed by atoms with Crippen LogP contribution in [-0.2, 0) is 11.2 Å². The first-order chi connectivity index (χ1) is 13.4. The van der Waals surface area contributed by atoms with Crippen LogP contribution in [0.1, 0.15) is 24.2 Å². The number of halogens is 2. The SMILES string of the molecule is CC(c1n[nH]c(=O)c2cc(F)c(F)cc12)N(C)C(=O)C1Cc2ccccc2N1. The van der Waals surface area contributed by atoms with Gasteiger partial charge in [-0.05, 0) is 30.7 Å². The lowest BCUT2D eigenvalue weighted by Gasteiger charge is -2.28. The number of benzene rings is 2. The molecule has 2 atom stereocenters. The maximum atomic E-state index is 13.8. The number of carbonyl (C=O) groups excluding carboxylic acids is 1. The number of hydrogen-bond donors (Lipinski definition) is 2. The van der Waals surface area contributed by atoms with Crippen LogP contribution in [0.15, 0.2) is 41.2 Å². The third kappa shape index (κ3) is 2.90. The third-order valence-corrected chi connectivity index (χ3v) is 5.25. The number of fused-ring (bicyclic) bond motifs is 2. The van der Waals surface area contributed by atoms with Gasteiger partial charge in [-0.1, -0.05) is 18.2 Å². The largest absolute Gasteiger partial charge is 0.373 e. The highest BCUT2D eigenvalue weighted by molar-refractivity contribution is 5.89. The molecule has 1 aliphatic rings. The van der Waals surface area contributed by atoms with E-state index in [9.17, 15) is 18.4 Å². The zero-order chi connectivity index (χ0) is 20.0. The van der Waals surface area contributed by atoms with E-state index in [1.165, 1.54) is 4.90 Å². The highest BCUT2D eigenvalue weighted by Crippen LogP contribution is 2.29. The van der Waals surface area contributed by atoms with Crippen molar-refractivity contribution in [1.29, 1.82) is 0 Å². The van der Waals surface area contributed by atoms with Crippen molar-refractivity contribution in [2.24, 2.45) is 0 Å². The van der Waals surface area contributed by atoms with Gasteiger partial charge in [0.25, 0.3) is 5.56 Å². The zero-order valence-corrected chi connectivity index (χ0v) is 15.3. The Balaban J connectivity index is 1.65. The number of anilines is 1. The lowest BCUT2D eigenvalue weighted by atomic mass is 10.0. The summed E-state index contributed by atoms with van der Waals surface area (Å²) >= 11 is 0. The first-order valence-corrected chi connectivity index (χ1v) is 8.85. The molecule has 8 heteroatoms. The second-order valence-electron chi connectivity index (χ2n) is 6.93. The molecule has 0 fully saturated rings. The molecule has 1 amide bonds. The minimum atomic E-state index is -1.11. The Morgan fingerprint density at radius 3 is 2.61 bits per heavy atom. The van der Waals surface area contributed by atoms with Crippen LogP contribution in [0.25, 0.3) is 10.8 Å². The lowest BCUT2D eigenvalue weighted by molar-refractivity contribution is -0.132. The number of nitrogens with zero attached hydrogens (tertiary/aromatic N) is 2. The van der Waals surface area contributed by atoms with Crippen molar-refractivity contribution in [3.8, 4) is 0 Å². The fourth-order valence-electron chi connectivity index (χ4n) is 3.56. The zero-order valence-electron chi connectivity index (χ0n) is 15.3. The Kier molecular flexibility index (Phi) is 4.33. The molecule has 0 saturated carbocycles. The first kappa shape index (κ1) is 18.1. The van der Waals surface area contributed by atoms with Gasteiger partial charge in [0, 0.05) is 24.5 Å². The quantitative estimate of drug-likeness (QED) is 0.728. The van der Waals surface area contributed by atoms with Crippen molar-refractivity contribution < 1.29 is 13.6 Å². The van der Waals surface area contributed by atoms with Gasteiger partial charge in [0.2, 0.25) is 5.91 Å². The molecule has 2 unspecified atom stereocenters. The third-order valence-electron chi connectivity index (χ3n) is 5.25. The second kappa shape index (κ2) is 6.70. The average molecular weight is 384 g/mol. The molecule has 1 aliphatic heterocycles. The van der Waals surface area contributed by atoms with Gasteiger partial charge in [-0.2, -0.15) is 5.10 Å². The molecule has 2 aromatic carbocycles. The summed E-state index contributed by atoms with van der Waals surface area (Å²) in [5, 5.41) is 9.68. The highest BCUT2D eigenvalue weighted by Gasteiger charge is 2.31. The van der Waals surface area contributed by atoms with Crippen molar-refractivity contribution in [1.82, 2.24) is 15.1 Å². The molecule has 3 aromatic rings. The number of para-hydroxylation sites is 1. The molecule has 0 spiro atoms. The van der Waals surface area contributed by atoms with E-state index >= 15 is 0 Å². The van der Waals surface area contributed by atoms with Gasteiger partial charge in [-0.3, -0.25) is 9.59 Å². The van der Waals surface area contributed by atoms with Gasteiger partial charge >= 0.3 is 0 Å². The summed E-state index contributed by atoms with van der Waals surface area (Å²) in [4.78, 5) is 26.4. The van der Waals surface area contributed by atoms with Crippen LogP contribution >= 0.6 is 0 Å². The Bertz CT molecular complexity index is 1120. The van der Waals surface area contributed by atoms with Gasteiger partial charge in [0.15, 0.2) is 11.6 Å². The van der Waals surface area contributed by atoms with Crippen LogP contribution in [-0.4, -0.2) is 34.1 Å². The number of aromatic amines is 1. The maximum Gasteiger partial charge on any atom is 0.272 e. The van der Waals surface area contributed by atoms with Gasteiger partial charge in [0.05, 0.1) is 17.1 Å². The second-order valence-corrected chi connectivity index (χ2v) is 6.93. The summed E-state index contributed by atoms with van der Waals surface area (Å²) in [6, 6.07) is 8.50. The summed E-state index contributed by atoms with van der Waals surface area (Å²) in [7, 11) is 1.62. The van der Waals surface area contributed by atoms with Gasteiger partial charge in [0.1, 0.15) is 6.04 Å². The molecule has 0 bridgehead atoms. The minimum absolute atomic E-state index is 0.0111. The number of nitrogens with one attached hydrogen (secondary N) is 2. The number of rotatable bonds is 3. The van der Waals surface area contributed by atoms with Gasteiger partial charge < -0.3 is 10.2 Å². The van der Waals surface area contributed by atoms with E-state index in [0.29, 0.717) is 12.1 Å². The van der Waals surface area contributed by atoms with Crippen LogP contribution in [0.5, 0.6) is 0 Å². The van der Waals surface area contributed by atoms with Crippen LogP contribution < -0.4 is 10.9 Å². The van der Waals surface area contributed by atoms with Crippen molar-refractivity contribution in [2.45, 2.75) is 25.4 Å². The fourth-order valence-corrected chi connectivity index (χ4v) is 3.56. The Labute approximate surface area is 159 Å². The summed E-state index contributed by atoms with van der Waals surface area (Å²) in [5.74, 6) is -2.34. The summed E-state index contributed by atoms with van der Waals surface area (Å²) in [6.45, 7) is 1.72. The summed E-state index contributed by atoms with van der Waals surface area (Å²) < 4.78 is 27.3. The van der Waals surface area contributed by atoms with E-state index in [-0.39, 0.29) is 16.7 Å². The number of amides is 1. The number of hydrogen-bond acceptors (Lipinski definition) is 4. The van der Waals surface area contributed by atoms with Crippen molar-refractivity contribution in [3.63, 3.8) is 0 Å². The highest BCUT2D eigenvalue weighted by atomic mass is 19.2. The average Bonchev–Trinajstić information content (AvgIpc) is 3.12. The first-order valence-electron chi connectivity index (χ1n) is 8.85. The van der Waals surface area contributed by atoms with Crippen LogP contribution in [0, 0.1) is 11.6 Å². The fraction of sp³-hybridized carbons (Fsp3) is 0.250.